The Labute approximate surface area is 145 Å². The molecule has 1 fully saturated rings. The molecule has 0 aliphatic carbocycles. The van der Waals surface area contributed by atoms with Crippen molar-refractivity contribution < 1.29 is 18.9 Å². The number of nitro benzene ring substituents is 1. The SMILES string of the molecule is Cn1ccsc1=NC(=O)C1CC(=O)N(c2ccc(F)c([N+](=O)[O-])c2)C1. The summed E-state index contributed by atoms with van der Waals surface area (Å²) >= 11 is 1.30. The molecule has 2 heterocycles. The number of rotatable bonds is 3. The van der Waals surface area contributed by atoms with Crippen molar-refractivity contribution in [3.63, 3.8) is 0 Å². The summed E-state index contributed by atoms with van der Waals surface area (Å²) < 4.78 is 15.1. The van der Waals surface area contributed by atoms with Gasteiger partial charge in [0.2, 0.25) is 11.7 Å². The van der Waals surface area contributed by atoms with Crippen molar-refractivity contribution in [2.24, 2.45) is 18.0 Å². The molecule has 0 bridgehead atoms. The maximum atomic E-state index is 13.4. The van der Waals surface area contributed by atoms with E-state index in [1.165, 1.54) is 22.3 Å². The quantitative estimate of drug-likeness (QED) is 0.610. The van der Waals surface area contributed by atoms with Crippen LogP contribution in [0, 0.1) is 21.8 Å². The summed E-state index contributed by atoms with van der Waals surface area (Å²) in [5.74, 6) is -2.40. The number of carbonyl (C=O) groups excluding carboxylic acids is 2. The van der Waals surface area contributed by atoms with E-state index in [0.717, 1.165) is 12.1 Å². The highest BCUT2D eigenvalue weighted by Crippen LogP contribution is 2.29. The summed E-state index contributed by atoms with van der Waals surface area (Å²) in [6.07, 6.45) is 1.73. The first-order chi connectivity index (χ1) is 11.9. The molecule has 0 spiro atoms. The molecule has 0 radical (unpaired) electrons. The molecule has 1 saturated heterocycles. The lowest BCUT2D eigenvalue weighted by molar-refractivity contribution is -0.387. The minimum atomic E-state index is -0.979. The first-order valence-electron chi connectivity index (χ1n) is 7.30. The molecular formula is C15H13FN4O4S. The fraction of sp³-hybridized carbons (Fsp3) is 0.267. The molecule has 1 aliphatic rings. The van der Waals surface area contributed by atoms with E-state index in [1.807, 2.05) is 0 Å². The summed E-state index contributed by atoms with van der Waals surface area (Å²) in [4.78, 5) is 40.3. The van der Waals surface area contributed by atoms with Crippen molar-refractivity contribution in [3.05, 3.63) is 50.5 Å². The van der Waals surface area contributed by atoms with Crippen molar-refractivity contribution in [1.82, 2.24) is 4.57 Å². The number of benzene rings is 1. The average molecular weight is 364 g/mol. The smallest absolute Gasteiger partial charge is 0.306 e. The van der Waals surface area contributed by atoms with Crippen molar-refractivity contribution in [2.45, 2.75) is 6.42 Å². The molecule has 1 atom stereocenters. The van der Waals surface area contributed by atoms with E-state index in [4.69, 9.17) is 0 Å². The number of aryl methyl sites for hydroxylation is 1. The van der Waals surface area contributed by atoms with Gasteiger partial charge in [0.15, 0.2) is 4.80 Å². The molecule has 0 saturated carbocycles. The Kier molecular flexibility index (Phi) is 4.45. The van der Waals surface area contributed by atoms with Crippen LogP contribution in [0.4, 0.5) is 15.8 Å². The fourth-order valence-corrected chi connectivity index (χ4v) is 3.29. The van der Waals surface area contributed by atoms with Crippen LogP contribution in [-0.2, 0) is 16.6 Å². The van der Waals surface area contributed by atoms with Crippen molar-refractivity contribution in [2.75, 3.05) is 11.4 Å². The van der Waals surface area contributed by atoms with Crippen LogP contribution in [0.1, 0.15) is 6.42 Å². The molecule has 3 rings (SSSR count). The van der Waals surface area contributed by atoms with Crippen LogP contribution in [0.15, 0.2) is 34.8 Å². The van der Waals surface area contributed by atoms with E-state index >= 15 is 0 Å². The van der Waals surface area contributed by atoms with Crippen molar-refractivity contribution in [1.29, 1.82) is 0 Å². The van der Waals surface area contributed by atoms with Gasteiger partial charge in [0.1, 0.15) is 0 Å². The van der Waals surface area contributed by atoms with E-state index in [9.17, 15) is 24.1 Å². The second-order valence-electron chi connectivity index (χ2n) is 5.54. The minimum absolute atomic E-state index is 0.0391. The van der Waals surface area contributed by atoms with E-state index in [2.05, 4.69) is 4.99 Å². The number of thiazole rings is 1. The molecular weight excluding hydrogens is 351 g/mol. The van der Waals surface area contributed by atoms with Crippen LogP contribution in [0.3, 0.4) is 0 Å². The van der Waals surface area contributed by atoms with Crippen LogP contribution in [0.25, 0.3) is 0 Å². The summed E-state index contributed by atoms with van der Waals surface area (Å²) in [7, 11) is 1.76. The molecule has 1 aromatic carbocycles. The van der Waals surface area contributed by atoms with Gasteiger partial charge in [0.25, 0.3) is 5.91 Å². The summed E-state index contributed by atoms with van der Waals surface area (Å²) in [6.45, 7) is 0.0546. The highest BCUT2D eigenvalue weighted by atomic mass is 32.1. The number of nitro groups is 1. The molecule has 1 aromatic heterocycles. The lowest BCUT2D eigenvalue weighted by atomic mass is 10.1. The van der Waals surface area contributed by atoms with Gasteiger partial charge in [-0.2, -0.15) is 9.38 Å². The van der Waals surface area contributed by atoms with Gasteiger partial charge in [-0.3, -0.25) is 19.7 Å². The Morgan fingerprint density at radius 1 is 1.48 bits per heavy atom. The van der Waals surface area contributed by atoms with Gasteiger partial charge < -0.3 is 9.47 Å². The average Bonchev–Trinajstić information content (AvgIpc) is 3.14. The van der Waals surface area contributed by atoms with Gasteiger partial charge in [0.05, 0.1) is 16.5 Å². The largest absolute Gasteiger partial charge is 0.327 e. The highest BCUT2D eigenvalue weighted by molar-refractivity contribution is 7.07. The Bertz CT molecular complexity index is 936. The third-order valence-corrected chi connectivity index (χ3v) is 4.73. The second-order valence-corrected chi connectivity index (χ2v) is 6.42. The third kappa shape index (κ3) is 3.33. The van der Waals surface area contributed by atoms with Crippen LogP contribution in [-0.4, -0.2) is 27.8 Å². The van der Waals surface area contributed by atoms with Gasteiger partial charge in [0, 0.05) is 37.7 Å². The Balaban J connectivity index is 1.84. The molecule has 25 heavy (non-hydrogen) atoms. The number of nitrogens with zero attached hydrogens (tertiary/aromatic N) is 4. The number of hydrogen-bond donors (Lipinski definition) is 0. The molecule has 0 N–H and O–H groups in total. The second kappa shape index (κ2) is 6.55. The minimum Gasteiger partial charge on any atom is -0.327 e. The highest BCUT2D eigenvalue weighted by Gasteiger charge is 2.36. The van der Waals surface area contributed by atoms with E-state index in [0.29, 0.717) is 4.80 Å². The normalized spacial score (nSPS) is 18.0. The molecule has 10 heteroatoms. The predicted octanol–water partition coefficient (Wildman–Crippen LogP) is 1.61. The van der Waals surface area contributed by atoms with Gasteiger partial charge in [-0.15, -0.1) is 11.3 Å². The maximum Gasteiger partial charge on any atom is 0.306 e. The number of amides is 2. The van der Waals surface area contributed by atoms with Gasteiger partial charge in [-0.25, -0.2) is 0 Å². The van der Waals surface area contributed by atoms with Crippen molar-refractivity contribution in [3.8, 4) is 0 Å². The zero-order chi connectivity index (χ0) is 18.1. The molecule has 1 unspecified atom stereocenters. The van der Waals surface area contributed by atoms with Crippen LogP contribution >= 0.6 is 11.3 Å². The summed E-state index contributed by atoms with van der Waals surface area (Å²) in [5, 5.41) is 12.6. The Hall–Kier alpha value is -2.88. The molecule has 130 valence electrons. The Morgan fingerprint density at radius 2 is 2.24 bits per heavy atom. The fourth-order valence-electron chi connectivity index (χ4n) is 2.55. The maximum absolute atomic E-state index is 13.4. The first-order valence-corrected chi connectivity index (χ1v) is 8.18. The van der Waals surface area contributed by atoms with Gasteiger partial charge in [-0.05, 0) is 12.1 Å². The Morgan fingerprint density at radius 3 is 2.88 bits per heavy atom. The number of aromatic nitrogens is 1. The zero-order valence-corrected chi connectivity index (χ0v) is 13.9. The van der Waals surface area contributed by atoms with Crippen LogP contribution in [0.2, 0.25) is 0 Å². The topological polar surface area (TPSA) is 97.8 Å². The predicted molar refractivity (Wildman–Crippen MR) is 87.4 cm³/mol. The number of halogens is 1. The number of hydrogen-bond acceptors (Lipinski definition) is 5. The number of carbonyl (C=O) groups is 2. The van der Waals surface area contributed by atoms with Gasteiger partial charge in [-0.1, -0.05) is 0 Å². The molecule has 8 nitrogen and oxygen atoms in total. The zero-order valence-electron chi connectivity index (χ0n) is 13.1. The molecule has 2 aromatic rings. The van der Waals surface area contributed by atoms with Gasteiger partial charge >= 0.3 is 5.69 Å². The first kappa shape index (κ1) is 17.0. The molecule has 2 amide bonds. The summed E-state index contributed by atoms with van der Waals surface area (Å²) in [6, 6.07) is 3.21. The van der Waals surface area contributed by atoms with E-state index < -0.39 is 28.3 Å². The number of anilines is 1. The van der Waals surface area contributed by atoms with E-state index in [-0.39, 0.29) is 24.6 Å². The lowest BCUT2D eigenvalue weighted by Crippen LogP contribution is -2.26. The van der Waals surface area contributed by atoms with Crippen molar-refractivity contribution >= 4 is 34.5 Å². The van der Waals surface area contributed by atoms with Crippen LogP contribution < -0.4 is 9.70 Å². The third-order valence-electron chi connectivity index (χ3n) is 3.88. The lowest BCUT2D eigenvalue weighted by Gasteiger charge is -2.15. The summed E-state index contributed by atoms with van der Waals surface area (Å²) in [5.41, 5.74) is -0.523. The monoisotopic (exact) mass is 364 g/mol. The van der Waals surface area contributed by atoms with Crippen LogP contribution in [0.5, 0.6) is 0 Å². The standard InChI is InChI=1S/C15H13FN4O4S/c1-18-4-5-25-15(18)17-14(22)9-6-13(21)19(8-9)10-2-3-11(16)12(7-10)20(23)24/h2-5,7,9H,6,8H2,1H3. The molecule has 1 aliphatic heterocycles. The van der Waals surface area contributed by atoms with E-state index in [1.54, 1.807) is 23.2 Å².